The molecular weight excluding hydrogens is 312 g/mol. The Morgan fingerprint density at radius 2 is 1.90 bits per heavy atom. The zero-order valence-corrected chi connectivity index (χ0v) is 12.8. The Morgan fingerprint density at radius 3 is 2.75 bits per heavy atom. The number of nitrogens with zero attached hydrogens (tertiary/aromatic N) is 1. The molecule has 0 saturated heterocycles. The van der Waals surface area contributed by atoms with Gasteiger partial charge >= 0.3 is 0 Å². The van der Waals surface area contributed by atoms with Gasteiger partial charge in [-0.3, -0.25) is 4.98 Å². The zero-order valence-electron chi connectivity index (χ0n) is 11.2. The lowest BCUT2D eigenvalue weighted by atomic mass is 10.1. The Morgan fingerprint density at radius 1 is 1.05 bits per heavy atom. The van der Waals surface area contributed by atoms with Crippen molar-refractivity contribution in [3.8, 4) is 0 Å². The summed E-state index contributed by atoms with van der Waals surface area (Å²) in [7, 11) is 0. The van der Waals surface area contributed by atoms with Crippen LogP contribution in [0.3, 0.4) is 0 Å². The van der Waals surface area contributed by atoms with Crippen LogP contribution in [-0.4, -0.2) is 4.98 Å². The van der Waals surface area contributed by atoms with Crippen LogP contribution < -0.4 is 5.32 Å². The molecule has 20 heavy (non-hydrogen) atoms. The molecule has 3 rings (SSSR count). The molecule has 3 aromatic rings. The SMILES string of the molecule is Cc1ccc2cccc(NCc3cccc(Br)c3)c2n1. The lowest BCUT2D eigenvalue weighted by Crippen LogP contribution is -2.00. The van der Waals surface area contributed by atoms with E-state index in [4.69, 9.17) is 0 Å². The number of hydrogen-bond donors (Lipinski definition) is 1. The number of benzene rings is 2. The van der Waals surface area contributed by atoms with Crippen molar-refractivity contribution in [2.24, 2.45) is 0 Å². The molecule has 0 bridgehead atoms. The number of fused-ring (bicyclic) bond motifs is 1. The molecule has 1 heterocycles. The fraction of sp³-hybridized carbons (Fsp3) is 0.118. The summed E-state index contributed by atoms with van der Waals surface area (Å²) in [6.07, 6.45) is 0. The summed E-state index contributed by atoms with van der Waals surface area (Å²) in [5, 5.41) is 4.64. The van der Waals surface area contributed by atoms with Crippen molar-refractivity contribution in [1.29, 1.82) is 0 Å². The van der Waals surface area contributed by atoms with E-state index in [0.717, 1.165) is 33.3 Å². The number of aromatic nitrogens is 1. The maximum Gasteiger partial charge on any atom is 0.0936 e. The molecule has 0 aliphatic carbocycles. The molecule has 100 valence electrons. The average Bonchev–Trinajstić information content (AvgIpc) is 2.45. The summed E-state index contributed by atoms with van der Waals surface area (Å²) in [5.41, 5.74) is 4.38. The van der Waals surface area contributed by atoms with Crippen LogP contribution in [0.4, 0.5) is 5.69 Å². The summed E-state index contributed by atoms with van der Waals surface area (Å²) >= 11 is 3.50. The maximum atomic E-state index is 4.63. The van der Waals surface area contributed by atoms with Crippen LogP contribution in [0.15, 0.2) is 59.1 Å². The quantitative estimate of drug-likeness (QED) is 0.739. The molecule has 2 nitrogen and oxygen atoms in total. The standard InChI is InChI=1S/C17H15BrN2/c1-12-8-9-14-5-3-7-16(17(14)20-12)19-11-13-4-2-6-15(18)10-13/h2-10,19H,11H2,1H3. The van der Waals surface area contributed by atoms with Crippen LogP contribution in [0, 0.1) is 6.92 Å². The Kier molecular flexibility index (Phi) is 3.70. The highest BCUT2D eigenvalue weighted by molar-refractivity contribution is 9.10. The van der Waals surface area contributed by atoms with E-state index in [-0.39, 0.29) is 0 Å². The number of hydrogen-bond acceptors (Lipinski definition) is 2. The number of nitrogens with one attached hydrogen (secondary N) is 1. The minimum Gasteiger partial charge on any atom is -0.379 e. The van der Waals surface area contributed by atoms with Gasteiger partial charge in [-0.1, -0.05) is 46.3 Å². The monoisotopic (exact) mass is 326 g/mol. The van der Waals surface area contributed by atoms with Gasteiger partial charge in [0.1, 0.15) is 0 Å². The lowest BCUT2D eigenvalue weighted by Gasteiger charge is -2.10. The Balaban J connectivity index is 1.89. The van der Waals surface area contributed by atoms with Crippen molar-refractivity contribution in [1.82, 2.24) is 4.98 Å². The van der Waals surface area contributed by atoms with Crippen LogP contribution in [0.5, 0.6) is 0 Å². The largest absolute Gasteiger partial charge is 0.379 e. The average molecular weight is 327 g/mol. The first kappa shape index (κ1) is 13.1. The molecule has 0 saturated carbocycles. The fourth-order valence-electron chi connectivity index (χ4n) is 2.23. The molecule has 0 unspecified atom stereocenters. The minimum absolute atomic E-state index is 0.786. The van der Waals surface area contributed by atoms with E-state index in [1.54, 1.807) is 0 Å². The van der Waals surface area contributed by atoms with Gasteiger partial charge in [0.15, 0.2) is 0 Å². The van der Waals surface area contributed by atoms with Gasteiger partial charge < -0.3 is 5.32 Å². The third-order valence-electron chi connectivity index (χ3n) is 3.23. The van der Waals surface area contributed by atoms with E-state index in [2.05, 4.69) is 62.6 Å². The number of rotatable bonds is 3. The smallest absolute Gasteiger partial charge is 0.0936 e. The first-order chi connectivity index (χ1) is 9.72. The van der Waals surface area contributed by atoms with E-state index in [1.807, 2.05) is 25.1 Å². The molecule has 0 spiro atoms. The summed E-state index contributed by atoms with van der Waals surface area (Å²) in [5.74, 6) is 0. The Bertz CT molecular complexity index is 753. The second kappa shape index (κ2) is 5.63. The number of halogens is 1. The zero-order chi connectivity index (χ0) is 13.9. The second-order valence-corrected chi connectivity index (χ2v) is 5.73. The molecule has 0 atom stereocenters. The molecule has 0 aliphatic rings. The van der Waals surface area contributed by atoms with E-state index >= 15 is 0 Å². The van der Waals surface area contributed by atoms with Gasteiger partial charge in [0.05, 0.1) is 11.2 Å². The predicted octanol–water partition coefficient (Wildman–Crippen LogP) is 4.92. The third kappa shape index (κ3) is 2.83. The highest BCUT2D eigenvalue weighted by atomic mass is 79.9. The van der Waals surface area contributed by atoms with Crippen molar-refractivity contribution >= 4 is 32.5 Å². The summed E-state index contributed by atoms with van der Waals surface area (Å²) < 4.78 is 1.10. The number of aryl methyl sites for hydroxylation is 1. The molecule has 0 amide bonds. The molecule has 0 aliphatic heterocycles. The van der Waals surface area contributed by atoms with Crippen LogP contribution >= 0.6 is 15.9 Å². The van der Waals surface area contributed by atoms with Crippen molar-refractivity contribution in [3.63, 3.8) is 0 Å². The normalized spacial score (nSPS) is 10.7. The predicted molar refractivity (Wildman–Crippen MR) is 87.9 cm³/mol. The molecular formula is C17H15BrN2. The van der Waals surface area contributed by atoms with Gasteiger partial charge in [-0.25, -0.2) is 0 Å². The van der Waals surface area contributed by atoms with E-state index in [9.17, 15) is 0 Å². The van der Waals surface area contributed by atoms with Gasteiger partial charge in [0.25, 0.3) is 0 Å². The maximum absolute atomic E-state index is 4.63. The topological polar surface area (TPSA) is 24.9 Å². The van der Waals surface area contributed by atoms with Crippen LogP contribution in [0.1, 0.15) is 11.3 Å². The Hall–Kier alpha value is -1.87. The van der Waals surface area contributed by atoms with E-state index in [0.29, 0.717) is 0 Å². The third-order valence-corrected chi connectivity index (χ3v) is 3.72. The molecule has 3 heteroatoms. The number of pyridine rings is 1. The second-order valence-electron chi connectivity index (χ2n) is 4.81. The van der Waals surface area contributed by atoms with Gasteiger partial charge in [-0.05, 0) is 36.8 Å². The van der Waals surface area contributed by atoms with Gasteiger partial charge in [0, 0.05) is 22.1 Å². The number of para-hydroxylation sites is 1. The van der Waals surface area contributed by atoms with Gasteiger partial charge in [0.2, 0.25) is 0 Å². The highest BCUT2D eigenvalue weighted by Gasteiger charge is 2.02. The minimum atomic E-state index is 0.786. The Labute approximate surface area is 127 Å². The summed E-state index contributed by atoms with van der Waals surface area (Å²) in [4.78, 5) is 4.63. The first-order valence-electron chi connectivity index (χ1n) is 6.57. The van der Waals surface area contributed by atoms with Crippen molar-refractivity contribution in [2.45, 2.75) is 13.5 Å². The van der Waals surface area contributed by atoms with Crippen molar-refractivity contribution in [2.75, 3.05) is 5.32 Å². The molecule has 0 radical (unpaired) electrons. The highest BCUT2D eigenvalue weighted by Crippen LogP contribution is 2.22. The molecule has 1 N–H and O–H groups in total. The van der Waals surface area contributed by atoms with Crippen LogP contribution in [0.25, 0.3) is 10.9 Å². The first-order valence-corrected chi connectivity index (χ1v) is 7.36. The van der Waals surface area contributed by atoms with Crippen molar-refractivity contribution in [3.05, 3.63) is 70.3 Å². The molecule has 2 aromatic carbocycles. The fourth-order valence-corrected chi connectivity index (χ4v) is 2.68. The number of anilines is 1. The van der Waals surface area contributed by atoms with Crippen LogP contribution in [0.2, 0.25) is 0 Å². The summed E-state index contributed by atoms with van der Waals surface area (Å²) in [6, 6.07) is 18.7. The van der Waals surface area contributed by atoms with E-state index in [1.165, 1.54) is 5.56 Å². The summed E-state index contributed by atoms with van der Waals surface area (Å²) in [6.45, 7) is 2.80. The lowest BCUT2D eigenvalue weighted by molar-refractivity contribution is 1.14. The van der Waals surface area contributed by atoms with Crippen LogP contribution in [-0.2, 0) is 6.54 Å². The van der Waals surface area contributed by atoms with E-state index < -0.39 is 0 Å². The molecule has 0 fully saturated rings. The van der Waals surface area contributed by atoms with Gasteiger partial charge in [-0.15, -0.1) is 0 Å². The van der Waals surface area contributed by atoms with Crippen molar-refractivity contribution < 1.29 is 0 Å². The molecule has 1 aromatic heterocycles. The van der Waals surface area contributed by atoms with Gasteiger partial charge in [-0.2, -0.15) is 0 Å².